The molecule has 0 radical (unpaired) electrons. The number of sulfonamides is 1. The largest absolute Gasteiger partial charge is 0.494 e. The summed E-state index contributed by atoms with van der Waals surface area (Å²) in [7, 11) is -3.69. The molecule has 0 aliphatic carbocycles. The van der Waals surface area contributed by atoms with Crippen LogP contribution in [0.25, 0.3) is 0 Å². The lowest BCUT2D eigenvalue weighted by molar-refractivity contribution is -0.133. The van der Waals surface area contributed by atoms with E-state index in [-0.39, 0.29) is 29.9 Å². The lowest BCUT2D eigenvalue weighted by Crippen LogP contribution is -2.52. The van der Waals surface area contributed by atoms with Crippen LogP contribution in [0.5, 0.6) is 5.75 Å². The molecule has 2 aliphatic heterocycles. The Morgan fingerprint density at radius 1 is 1.00 bits per heavy atom. The zero-order valence-corrected chi connectivity index (χ0v) is 19.6. The summed E-state index contributed by atoms with van der Waals surface area (Å²) in [5.74, 6) is 0.386. The van der Waals surface area contributed by atoms with Gasteiger partial charge in [0.05, 0.1) is 18.0 Å². The Bertz CT molecular complexity index is 1050. The molecule has 2 saturated heterocycles. The minimum absolute atomic E-state index is 0.0201. The van der Waals surface area contributed by atoms with Crippen LogP contribution in [0.15, 0.2) is 53.4 Å². The quantitative estimate of drug-likeness (QED) is 0.616. The summed E-state index contributed by atoms with van der Waals surface area (Å²) >= 11 is 0. The van der Waals surface area contributed by atoms with Gasteiger partial charge in [-0.3, -0.25) is 9.69 Å². The maximum absolute atomic E-state index is 13.1. The van der Waals surface area contributed by atoms with Gasteiger partial charge in [0.1, 0.15) is 11.6 Å². The van der Waals surface area contributed by atoms with Crippen molar-refractivity contribution in [2.45, 2.75) is 30.7 Å². The van der Waals surface area contributed by atoms with E-state index in [1.54, 1.807) is 4.90 Å². The molecule has 2 heterocycles. The van der Waals surface area contributed by atoms with E-state index in [2.05, 4.69) is 17.0 Å². The van der Waals surface area contributed by atoms with Gasteiger partial charge in [0, 0.05) is 32.2 Å². The summed E-state index contributed by atoms with van der Waals surface area (Å²) < 4.78 is 45.6. The fourth-order valence-corrected chi connectivity index (χ4v) is 5.98. The maximum Gasteiger partial charge on any atom is 0.243 e. The highest BCUT2D eigenvalue weighted by Gasteiger charge is 2.33. The molecule has 2 fully saturated rings. The highest BCUT2D eigenvalue weighted by molar-refractivity contribution is 7.89. The zero-order chi connectivity index (χ0) is 23.4. The molecular formula is C24H30FN3O4S. The molecule has 1 atom stereocenters. The van der Waals surface area contributed by atoms with Gasteiger partial charge in [-0.1, -0.05) is 12.1 Å². The second-order valence-electron chi connectivity index (χ2n) is 8.37. The Morgan fingerprint density at radius 2 is 1.67 bits per heavy atom. The number of carbonyl (C=O) groups excluding carboxylic acids is 1. The first-order chi connectivity index (χ1) is 15.9. The van der Waals surface area contributed by atoms with Crippen molar-refractivity contribution in [3.05, 3.63) is 59.9 Å². The molecule has 0 spiro atoms. The third-order valence-electron chi connectivity index (χ3n) is 6.32. The highest BCUT2D eigenvalue weighted by atomic mass is 32.2. The summed E-state index contributed by atoms with van der Waals surface area (Å²) in [6.07, 6.45) is 2.04. The van der Waals surface area contributed by atoms with Gasteiger partial charge in [-0.25, -0.2) is 12.8 Å². The first kappa shape index (κ1) is 23.7. The van der Waals surface area contributed by atoms with E-state index in [0.29, 0.717) is 26.2 Å². The third-order valence-corrected chi connectivity index (χ3v) is 8.23. The van der Waals surface area contributed by atoms with E-state index in [1.165, 1.54) is 22.0 Å². The van der Waals surface area contributed by atoms with Crippen LogP contribution in [0.3, 0.4) is 0 Å². The van der Waals surface area contributed by atoms with Crippen molar-refractivity contribution in [3.63, 3.8) is 0 Å². The molecule has 9 heteroatoms. The summed E-state index contributed by atoms with van der Waals surface area (Å²) in [5.41, 5.74) is 1.18. The molecule has 7 nitrogen and oxygen atoms in total. The maximum atomic E-state index is 13.1. The number of benzene rings is 2. The minimum atomic E-state index is -3.69. The van der Waals surface area contributed by atoms with Gasteiger partial charge in [0.2, 0.25) is 15.9 Å². The van der Waals surface area contributed by atoms with Crippen LogP contribution in [0.4, 0.5) is 4.39 Å². The number of ether oxygens (including phenoxy) is 1. The zero-order valence-electron chi connectivity index (χ0n) is 18.8. The topological polar surface area (TPSA) is 70.2 Å². The number of piperazine rings is 1. The first-order valence-corrected chi connectivity index (χ1v) is 12.8. The summed E-state index contributed by atoms with van der Waals surface area (Å²) in [5, 5.41) is 0. The van der Waals surface area contributed by atoms with Crippen molar-refractivity contribution in [2.75, 3.05) is 45.9 Å². The Balaban J connectivity index is 1.33. The molecule has 0 N–H and O–H groups in total. The van der Waals surface area contributed by atoms with E-state index in [9.17, 15) is 17.6 Å². The molecule has 178 valence electrons. The van der Waals surface area contributed by atoms with Gasteiger partial charge in [-0.05, 0) is 68.3 Å². The number of hydrogen-bond donors (Lipinski definition) is 0. The number of rotatable bonds is 7. The van der Waals surface area contributed by atoms with Crippen LogP contribution < -0.4 is 4.74 Å². The Hall–Kier alpha value is -2.49. The van der Waals surface area contributed by atoms with E-state index >= 15 is 0 Å². The van der Waals surface area contributed by atoms with Gasteiger partial charge in [0.25, 0.3) is 0 Å². The predicted octanol–water partition coefficient (Wildman–Crippen LogP) is 2.89. The lowest BCUT2D eigenvalue weighted by Gasteiger charge is -2.35. The fraction of sp³-hybridized carbons (Fsp3) is 0.458. The molecule has 2 aliphatic rings. The van der Waals surface area contributed by atoms with E-state index in [0.717, 1.165) is 37.3 Å². The monoisotopic (exact) mass is 475 g/mol. The number of nitrogens with zero attached hydrogens (tertiary/aromatic N) is 3. The molecule has 2 aromatic carbocycles. The second-order valence-corrected chi connectivity index (χ2v) is 10.3. The Morgan fingerprint density at radius 3 is 2.30 bits per heavy atom. The van der Waals surface area contributed by atoms with E-state index in [1.807, 2.05) is 19.1 Å². The van der Waals surface area contributed by atoms with Gasteiger partial charge in [-0.15, -0.1) is 0 Å². The molecule has 0 aromatic heterocycles. The van der Waals surface area contributed by atoms with Crippen molar-refractivity contribution >= 4 is 15.9 Å². The van der Waals surface area contributed by atoms with Crippen LogP contribution in [0, 0.1) is 5.82 Å². The standard InChI is InChI=1S/C24H30FN3O4S/c1-2-32-21-9-5-19(6-10-21)23-4-3-13-27(23)18-24(29)26-14-16-28(17-15-26)33(30,31)22-11-7-20(25)8-12-22/h5-12,23H,2-4,13-18H2,1H3. The van der Waals surface area contributed by atoms with Crippen LogP contribution >= 0.6 is 0 Å². The summed E-state index contributed by atoms with van der Waals surface area (Å²) in [6, 6.07) is 13.1. The molecule has 2 aromatic rings. The fourth-order valence-electron chi connectivity index (χ4n) is 4.55. The molecule has 4 rings (SSSR count). The van der Waals surface area contributed by atoms with Crippen molar-refractivity contribution in [3.8, 4) is 5.75 Å². The number of halogens is 1. The second kappa shape index (κ2) is 10.2. The highest BCUT2D eigenvalue weighted by Crippen LogP contribution is 2.32. The van der Waals surface area contributed by atoms with Gasteiger partial charge < -0.3 is 9.64 Å². The van der Waals surface area contributed by atoms with Crippen LogP contribution in [-0.2, 0) is 14.8 Å². The van der Waals surface area contributed by atoms with Crippen molar-refractivity contribution < 1.29 is 22.3 Å². The van der Waals surface area contributed by atoms with Gasteiger partial charge >= 0.3 is 0 Å². The van der Waals surface area contributed by atoms with Gasteiger partial charge in [-0.2, -0.15) is 4.31 Å². The molecular weight excluding hydrogens is 445 g/mol. The van der Waals surface area contributed by atoms with Crippen LogP contribution in [0.1, 0.15) is 31.4 Å². The smallest absolute Gasteiger partial charge is 0.243 e. The average molecular weight is 476 g/mol. The Labute approximate surface area is 194 Å². The number of likely N-dealkylation sites (tertiary alicyclic amines) is 1. The van der Waals surface area contributed by atoms with Crippen LogP contribution in [-0.4, -0.2) is 74.3 Å². The predicted molar refractivity (Wildman–Crippen MR) is 123 cm³/mol. The molecule has 1 unspecified atom stereocenters. The number of hydrogen-bond acceptors (Lipinski definition) is 5. The lowest BCUT2D eigenvalue weighted by atomic mass is 10.0. The van der Waals surface area contributed by atoms with Gasteiger partial charge in [0.15, 0.2) is 0 Å². The normalized spacial score (nSPS) is 20.2. The minimum Gasteiger partial charge on any atom is -0.494 e. The first-order valence-electron chi connectivity index (χ1n) is 11.4. The van der Waals surface area contributed by atoms with Crippen molar-refractivity contribution in [1.82, 2.24) is 14.1 Å². The summed E-state index contributed by atoms with van der Waals surface area (Å²) in [4.78, 5) is 17.0. The molecule has 1 amide bonds. The average Bonchev–Trinajstić information content (AvgIpc) is 3.28. The van der Waals surface area contributed by atoms with E-state index < -0.39 is 15.8 Å². The Kier molecular flexibility index (Phi) is 7.31. The molecule has 0 saturated carbocycles. The number of amides is 1. The number of carbonyl (C=O) groups is 1. The van der Waals surface area contributed by atoms with E-state index in [4.69, 9.17) is 4.74 Å². The van der Waals surface area contributed by atoms with Crippen molar-refractivity contribution in [2.24, 2.45) is 0 Å². The molecule has 0 bridgehead atoms. The van der Waals surface area contributed by atoms with Crippen LogP contribution in [0.2, 0.25) is 0 Å². The third kappa shape index (κ3) is 5.37. The van der Waals surface area contributed by atoms with Crippen molar-refractivity contribution in [1.29, 1.82) is 0 Å². The molecule has 33 heavy (non-hydrogen) atoms. The summed E-state index contributed by atoms with van der Waals surface area (Å²) in [6.45, 7) is 4.92. The SMILES string of the molecule is CCOc1ccc(C2CCCN2CC(=O)N2CCN(S(=O)(=O)c3ccc(F)cc3)CC2)cc1.